The first-order valence-corrected chi connectivity index (χ1v) is 27.5. The summed E-state index contributed by atoms with van der Waals surface area (Å²) in [6, 6.07) is -0.621. The summed E-state index contributed by atoms with van der Waals surface area (Å²) >= 11 is 0. The topological polar surface area (TPSA) is 69.6 Å². The fraction of sp³-hybridized carbons (Fsp3) is 0.810. The fourth-order valence-electron chi connectivity index (χ4n) is 8.35. The Morgan fingerprint density at radius 3 is 1.06 bits per heavy atom. The molecule has 1 amide bonds. The maximum Gasteiger partial charge on any atom is 0.220 e. The molecule has 0 saturated heterocycles. The number of amides is 1. The SMILES string of the molecule is CC/C=C\C/C=C\C/C=C\C/C=C\CCCCCCCCCCCCCCCCCCCCCCCCC(=O)NC(CO)C(O)/C=C/CCCCCCCCCCCCCCC. The van der Waals surface area contributed by atoms with Crippen molar-refractivity contribution in [1.82, 2.24) is 5.32 Å². The molecule has 0 spiro atoms. The molecule has 4 heteroatoms. The number of aliphatic hydroxyl groups is 2. The maximum absolute atomic E-state index is 12.4. The van der Waals surface area contributed by atoms with Gasteiger partial charge in [0.05, 0.1) is 18.8 Å². The number of carbonyl (C=O) groups is 1. The Hall–Kier alpha value is -1.91. The van der Waals surface area contributed by atoms with Gasteiger partial charge in [0.15, 0.2) is 0 Å². The molecule has 0 aromatic rings. The van der Waals surface area contributed by atoms with E-state index in [-0.39, 0.29) is 12.5 Å². The molecule has 0 aliphatic heterocycles. The molecule has 0 aliphatic carbocycles. The van der Waals surface area contributed by atoms with Gasteiger partial charge in [-0.25, -0.2) is 0 Å². The second-order valence-corrected chi connectivity index (χ2v) is 18.6. The Morgan fingerprint density at radius 1 is 0.403 bits per heavy atom. The highest BCUT2D eigenvalue weighted by molar-refractivity contribution is 5.76. The van der Waals surface area contributed by atoms with Crippen molar-refractivity contribution in [3.8, 4) is 0 Å². The predicted octanol–water partition coefficient (Wildman–Crippen LogP) is 18.0. The predicted molar refractivity (Wildman–Crippen MR) is 276 cm³/mol. The monoisotopic (exact) mass is 866 g/mol. The molecule has 62 heavy (non-hydrogen) atoms. The van der Waals surface area contributed by atoms with E-state index in [1.165, 1.54) is 212 Å². The number of hydrogen-bond acceptors (Lipinski definition) is 3. The van der Waals surface area contributed by atoms with E-state index in [0.717, 1.165) is 51.4 Å². The third-order valence-electron chi connectivity index (χ3n) is 12.5. The first-order chi connectivity index (χ1) is 30.7. The Morgan fingerprint density at radius 2 is 0.710 bits per heavy atom. The van der Waals surface area contributed by atoms with Crippen molar-refractivity contribution in [2.45, 2.75) is 296 Å². The number of unbranched alkanes of at least 4 members (excludes halogenated alkanes) is 35. The van der Waals surface area contributed by atoms with Gasteiger partial charge in [0, 0.05) is 6.42 Å². The lowest BCUT2D eigenvalue weighted by molar-refractivity contribution is -0.123. The minimum absolute atomic E-state index is 0.0608. The van der Waals surface area contributed by atoms with Gasteiger partial charge in [-0.15, -0.1) is 0 Å². The average molecular weight is 866 g/mol. The number of rotatable bonds is 50. The molecular formula is C58H107NO3. The zero-order valence-corrected chi connectivity index (χ0v) is 41.6. The van der Waals surface area contributed by atoms with Gasteiger partial charge in [0.1, 0.15) is 0 Å². The van der Waals surface area contributed by atoms with Gasteiger partial charge in [-0.1, -0.05) is 280 Å². The molecule has 3 N–H and O–H groups in total. The van der Waals surface area contributed by atoms with Crippen molar-refractivity contribution < 1.29 is 15.0 Å². The first kappa shape index (κ1) is 60.1. The van der Waals surface area contributed by atoms with Crippen LogP contribution < -0.4 is 5.32 Å². The number of allylic oxidation sites excluding steroid dienone is 9. The van der Waals surface area contributed by atoms with Gasteiger partial charge >= 0.3 is 0 Å². The van der Waals surface area contributed by atoms with E-state index >= 15 is 0 Å². The van der Waals surface area contributed by atoms with E-state index in [9.17, 15) is 15.0 Å². The summed E-state index contributed by atoms with van der Waals surface area (Å²) in [6.07, 6.45) is 75.3. The van der Waals surface area contributed by atoms with E-state index < -0.39 is 12.1 Å². The highest BCUT2D eigenvalue weighted by atomic mass is 16.3. The molecule has 2 unspecified atom stereocenters. The van der Waals surface area contributed by atoms with Crippen LogP contribution in [0.2, 0.25) is 0 Å². The number of nitrogens with one attached hydrogen (secondary N) is 1. The van der Waals surface area contributed by atoms with Crippen molar-refractivity contribution in [3.63, 3.8) is 0 Å². The summed E-state index contributed by atoms with van der Waals surface area (Å²) in [4.78, 5) is 12.4. The fourth-order valence-corrected chi connectivity index (χ4v) is 8.35. The Bertz CT molecular complexity index is 1030. The lowest BCUT2D eigenvalue weighted by Crippen LogP contribution is -2.45. The van der Waals surface area contributed by atoms with Crippen LogP contribution in [0.15, 0.2) is 60.8 Å². The third-order valence-corrected chi connectivity index (χ3v) is 12.5. The summed E-state index contributed by atoms with van der Waals surface area (Å²) in [6.45, 7) is 4.21. The molecule has 0 aliphatic rings. The summed E-state index contributed by atoms with van der Waals surface area (Å²) < 4.78 is 0. The van der Waals surface area contributed by atoms with Crippen LogP contribution in [0.1, 0.15) is 284 Å². The lowest BCUT2D eigenvalue weighted by Gasteiger charge is -2.20. The molecule has 362 valence electrons. The molecular weight excluding hydrogens is 759 g/mol. The Labute approximate surface area is 387 Å². The van der Waals surface area contributed by atoms with Crippen molar-refractivity contribution in [2.24, 2.45) is 0 Å². The molecule has 0 saturated carbocycles. The first-order valence-electron chi connectivity index (χ1n) is 27.5. The number of hydrogen-bond donors (Lipinski definition) is 3. The van der Waals surface area contributed by atoms with Gasteiger partial charge in [-0.2, -0.15) is 0 Å². The smallest absolute Gasteiger partial charge is 0.220 e. The van der Waals surface area contributed by atoms with Crippen molar-refractivity contribution in [1.29, 1.82) is 0 Å². The minimum Gasteiger partial charge on any atom is -0.394 e. The van der Waals surface area contributed by atoms with E-state index in [0.29, 0.717) is 6.42 Å². The van der Waals surface area contributed by atoms with Crippen LogP contribution >= 0.6 is 0 Å². The molecule has 0 heterocycles. The van der Waals surface area contributed by atoms with Gasteiger partial charge in [-0.05, 0) is 57.8 Å². The number of aliphatic hydroxyl groups excluding tert-OH is 2. The highest BCUT2D eigenvalue weighted by Crippen LogP contribution is 2.17. The van der Waals surface area contributed by atoms with E-state index in [1.807, 2.05) is 6.08 Å². The summed E-state index contributed by atoms with van der Waals surface area (Å²) in [5, 5.41) is 23.1. The largest absolute Gasteiger partial charge is 0.394 e. The van der Waals surface area contributed by atoms with Crippen LogP contribution in [0.25, 0.3) is 0 Å². The van der Waals surface area contributed by atoms with Gasteiger partial charge < -0.3 is 15.5 Å². The van der Waals surface area contributed by atoms with Gasteiger partial charge in [0.2, 0.25) is 5.91 Å². The maximum atomic E-state index is 12.4. The molecule has 2 atom stereocenters. The quantitative estimate of drug-likeness (QED) is 0.0421. The van der Waals surface area contributed by atoms with Crippen LogP contribution in [-0.4, -0.2) is 34.9 Å². The van der Waals surface area contributed by atoms with E-state index in [1.54, 1.807) is 6.08 Å². The van der Waals surface area contributed by atoms with Crippen LogP contribution in [0.3, 0.4) is 0 Å². The Balaban J connectivity index is 3.43. The lowest BCUT2D eigenvalue weighted by atomic mass is 10.0. The van der Waals surface area contributed by atoms with Crippen LogP contribution in [0, 0.1) is 0 Å². The molecule has 0 radical (unpaired) electrons. The summed E-state index contributed by atoms with van der Waals surface area (Å²) in [7, 11) is 0. The molecule has 0 fully saturated rings. The van der Waals surface area contributed by atoms with Crippen LogP contribution in [0.5, 0.6) is 0 Å². The molecule has 0 aromatic heterocycles. The van der Waals surface area contributed by atoms with E-state index in [4.69, 9.17) is 0 Å². The summed E-state index contributed by atoms with van der Waals surface area (Å²) in [5.74, 6) is -0.0608. The third kappa shape index (κ3) is 49.1. The van der Waals surface area contributed by atoms with Crippen LogP contribution in [-0.2, 0) is 4.79 Å². The molecule has 4 nitrogen and oxygen atoms in total. The standard InChI is InChI=1S/C58H107NO3/c1-3-5-7-9-11-13-15-17-19-20-21-22-23-24-25-26-27-28-29-30-31-32-33-34-35-36-37-38-40-42-44-46-48-50-52-54-58(62)59-56(55-60)57(61)53-51-49-47-45-43-41-39-18-16-14-12-10-8-6-4-2/h5,7,11,13,17,19,21-22,51,53,56-57,60-61H,3-4,6,8-10,12,14-16,18,20,23-50,52,54-55H2,1-2H3,(H,59,62)/b7-5-,13-11-,19-17-,22-21-,53-51+. The van der Waals surface area contributed by atoms with Crippen molar-refractivity contribution >= 4 is 5.91 Å². The van der Waals surface area contributed by atoms with Gasteiger partial charge in [-0.3, -0.25) is 4.79 Å². The van der Waals surface area contributed by atoms with Crippen LogP contribution in [0.4, 0.5) is 0 Å². The number of carbonyl (C=O) groups excluding carboxylic acids is 1. The second kappa shape index (κ2) is 53.4. The second-order valence-electron chi connectivity index (χ2n) is 18.6. The van der Waals surface area contributed by atoms with Crippen molar-refractivity contribution in [2.75, 3.05) is 6.61 Å². The zero-order chi connectivity index (χ0) is 44.9. The Kier molecular flexibility index (Phi) is 51.8. The van der Waals surface area contributed by atoms with Crippen molar-refractivity contribution in [3.05, 3.63) is 60.8 Å². The van der Waals surface area contributed by atoms with Gasteiger partial charge in [0.25, 0.3) is 0 Å². The normalized spacial score (nSPS) is 13.3. The average Bonchev–Trinajstić information content (AvgIpc) is 3.28. The molecule has 0 bridgehead atoms. The highest BCUT2D eigenvalue weighted by Gasteiger charge is 2.18. The zero-order valence-electron chi connectivity index (χ0n) is 41.6. The molecule has 0 rings (SSSR count). The minimum atomic E-state index is -0.838. The van der Waals surface area contributed by atoms with E-state index in [2.05, 4.69) is 67.8 Å². The summed E-state index contributed by atoms with van der Waals surface area (Å²) in [5.41, 5.74) is 0. The molecule has 0 aromatic carbocycles.